The molecule has 4 rings (SSSR count). The van der Waals surface area contributed by atoms with Gasteiger partial charge in [0.05, 0.1) is 14.2 Å². The SMILES string of the molecule is COc1ccc(N2CCN([C@H]3CCCN(Cc4ccc(F)c(OC)c4)C3)CC2)cc1. The van der Waals surface area contributed by atoms with Crippen LogP contribution in [0.25, 0.3) is 0 Å². The van der Waals surface area contributed by atoms with E-state index < -0.39 is 0 Å². The predicted molar refractivity (Wildman–Crippen MR) is 118 cm³/mol. The standard InChI is InChI=1S/C24H32FN3O2/c1-29-22-8-6-20(7-9-22)27-12-14-28(15-13-27)21-4-3-11-26(18-21)17-19-5-10-23(25)24(16-19)30-2/h5-10,16,21H,3-4,11-15,17-18H2,1-2H3/t21-/m0/s1. The zero-order valence-electron chi connectivity index (χ0n) is 18.0. The molecule has 1 atom stereocenters. The van der Waals surface area contributed by atoms with Crippen molar-refractivity contribution >= 4 is 5.69 Å². The van der Waals surface area contributed by atoms with Crippen LogP contribution in [0, 0.1) is 5.82 Å². The fourth-order valence-electron chi connectivity index (χ4n) is 4.67. The summed E-state index contributed by atoms with van der Waals surface area (Å²) in [6, 6.07) is 14.2. The third kappa shape index (κ3) is 4.87. The lowest BCUT2D eigenvalue weighted by atomic mass is 10.0. The lowest BCUT2D eigenvalue weighted by molar-refractivity contribution is 0.0887. The molecule has 0 bridgehead atoms. The monoisotopic (exact) mass is 413 g/mol. The van der Waals surface area contributed by atoms with Crippen LogP contribution in [0.1, 0.15) is 18.4 Å². The number of piperazine rings is 1. The summed E-state index contributed by atoms with van der Waals surface area (Å²) in [5, 5.41) is 0. The van der Waals surface area contributed by atoms with Gasteiger partial charge in [0.2, 0.25) is 0 Å². The van der Waals surface area contributed by atoms with Crippen molar-refractivity contribution in [1.29, 1.82) is 0 Å². The van der Waals surface area contributed by atoms with Crippen molar-refractivity contribution in [1.82, 2.24) is 9.80 Å². The maximum atomic E-state index is 13.7. The van der Waals surface area contributed by atoms with Gasteiger partial charge < -0.3 is 14.4 Å². The summed E-state index contributed by atoms with van der Waals surface area (Å²) in [5.41, 5.74) is 2.38. The van der Waals surface area contributed by atoms with E-state index in [1.165, 1.54) is 31.7 Å². The Bertz CT molecular complexity index is 822. The fourth-order valence-corrected chi connectivity index (χ4v) is 4.67. The molecule has 0 radical (unpaired) electrons. The minimum atomic E-state index is -0.299. The number of ether oxygens (including phenoxy) is 2. The summed E-state index contributed by atoms with van der Waals surface area (Å²) in [7, 11) is 3.22. The second kappa shape index (κ2) is 9.67. The highest BCUT2D eigenvalue weighted by atomic mass is 19.1. The molecule has 2 saturated heterocycles. The fraction of sp³-hybridized carbons (Fsp3) is 0.500. The molecule has 0 saturated carbocycles. The molecule has 0 amide bonds. The smallest absolute Gasteiger partial charge is 0.165 e. The van der Waals surface area contributed by atoms with E-state index in [-0.39, 0.29) is 5.82 Å². The van der Waals surface area contributed by atoms with Crippen molar-refractivity contribution in [2.24, 2.45) is 0 Å². The second-order valence-electron chi connectivity index (χ2n) is 8.22. The maximum absolute atomic E-state index is 13.7. The Hall–Kier alpha value is -2.31. The van der Waals surface area contributed by atoms with Crippen LogP contribution in [-0.4, -0.2) is 69.3 Å². The van der Waals surface area contributed by atoms with Gasteiger partial charge in [-0.05, 0) is 61.3 Å². The molecule has 2 aliphatic heterocycles. The van der Waals surface area contributed by atoms with E-state index in [0.717, 1.165) is 57.1 Å². The van der Waals surface area contributed by atoms with Crippen LogP contribution in [0.3, 0.4) is 0 Å². The van der Waals surface area contributed by atoms with Crippen molar-refractivity contribution in [3.63, 3.8) is 0 Å². The van der Waals surface area contributed by atoms with E-state index >= 15 is 0 Å². The lowest BCUT2D eigenvalue weighted by Crippen LogP contribution is -2.55. The molecule has 2 fully saturated rings. The molecule has 0 spiro atoms. The average Bonchev–Trinajstić information content (AvgIpc) is 2.81. The summed E-state index contributed by atoms with van der Waals surface area (Å²) in [4.78, 5) is 7.61. The van der Waals surface area contributed by atoms with E-state index in [1.807, 2.05) is 24.3 Å². The highest BCUT2D eigenvalue weighted by Gasteiger charge is 2.28. The predicted octanol–water partition coefficient (Wildman–Crippen LogP) is 3.63. The molecule has 2 aliphatic rings. The van der Waals surface area contributed by atoms with Crippen molar-refractivity contribution in [3.05, 3.63) is 53.8 Å². The number of nitrogens with zero attached hydrogens (tertiary/aromatic N) is 3. The summed E-state index contributed by atoms with van der Waals surface area (Å²) in [6.07, 6.45) is 2.47. The number of likely N-dealkylation sites (tertiary alicyclic amines) is 1. The highest BCUT2D eigenvalue weighted by Crippen LogP contribution is 2.25. The first-order valence-corrected chi connectivity index (χ1v) is 10.8. The van der Waals surface area contributed by atoms with Gasteiger partial charge in [-0.3, -0.25) is 9.80 Å². The molecule has 6 heteroatoms. The van der Waals surface area contributed by atoms with Crippen LogP contribution in [-0.2, 0) is 6.54 Å². The molecule has 0 N–H and O–H groups in total. The number of piperidine rings is 1. The van der Waals surface area contributed by atoms with Crippen LogP contribution >= 0.6 is 0 Å². The summed E-state index contributed by atoms with van der Waals surface area (Å²) >= 11 is 0. The number of rotatable bonds is 6. The summed E-state index contributed by atoms with van der Waals surface area (Å²) in [5.74, 6) is 0.932. The third-order valence-corrected chi connectivity index (χ3v) is 6.37. The Morgan fingerprint density at radius 2 is 1.70 bits per heavy atom. The molecule has 0 unspecified atom stereocenters. The molecule has 30 heavy (non-hydrogen) atoms. The van der Waals surface area contributed by atoms with E-state index in [0.29, 0.717) is 11.8 Å². The van der Waals surface area contributed by atoms with E-state index in [1.54, 1.807) is 7.11 Å². The molecule has 0 aliphatic carbocycles. The van der Waals surface area contributed by atoms with Gasteiger partial charge in [-0.25, -0.2) is 4.39 Å². The van der Waals surface area contributed by atoms with Gasteiger partial charge in [0, 0.05) is 51.0 Å². The molecule has 0 aromatic heterocycles. The van der Waals surface area contributed by atoms with E-state index in [9.17, 15) is 4.39 Å². The largest absolute Gasteiger partial charge is 0.497 e. The van der Waals surface area contributed by atoms with Gasteiger partial charge in [0.15, 0.2) is 11.6 Å². The molecule has 2 aromatic carbocycles. The van der Waals surface area contributed by atoms with Crippen LogP contribution in [0.15, 0.2) is 42.5 Å². The van der Waals surface area contributed by atoms with E-state index in [2.05, 4.69) is 26.8 Å². The molecular weight excluding hydrogens is 381 g/mol. The Morgan fingerprint density at radius 1 is 0.933 bits per heavy atom. The summed E-state index contributed by atoms with van der Waals surface area (Å²) in [6.45, 7) is 7.31. The van der Waals surface area contributed by atoms with Crippen molar-refractivity contribution in [2.75, 3.05) is 58.4 Å². The normalized spacial score (nSPS) is 20.9. The highest BCUT2D eigenvalue weighted by molar-refractivity contribution is 5.49. The number of hydrogen-bond donors (Lipinski definition) is 0. The topological polar surface area (TPSA) is 28.2 Å². The third-order valence-electron chi connectivity index (χ3n) is 6.37. The molecule has 2 aromatic rings. The zero-order chi connectivity index (χ0) is 20.9. The van der Waals surface area contributed by atoms with Gasteiger partial charge >= 0.3 is 0 Å². The molecular formula is C24H32FN3O2. The first-order chi connectivity index (χ1) is 14.7. The zero-order valence-corrected chi connectivity index (χ0v) is 18.0. The number of hydrogen-bond acceptors (Lipinski definition) is 5. The van der Waals surface area contributed by atoms with E-state index in [4.69, 9.17) is 9.47 Å². The Morgan fingerprint density at radius 3 is 2.40 bits per heavy atom. The molecule has 5 nitrogen and oxygen atoms in total. The number of anilines is 1. The maximum Gasteiger partial charge on any atom is 0.165 e. The quantitative estimate of drug-likeness (QED) is 0.721. The van der Waals surface area contributed by atoms with Gasteiger partial charge in [-0.1, -0.05) is 6.07 Å². The van der Waals surface area contributed by atoms with Crippen LogP contribution < -0.4 is 14.4 Å². The van der Waals surface area contributed by atoms with Crippen LogP contribution in [0.4, 0.5) is 10.1 Å². The minimum Gasteiger partial charge on any atom is -0.497 e. The van der Waals surface area contributed by atoms with Gasteiger partial charge in [-0.2, -0.15) is 0 Å². The van der Waals surface area contributed by atoms with Crippen molar-refractivity contribution in [3.8, 4) is 11.5 Å². The number of halogens is 1. The average molecular weight is 414 g/mol. The van der Waals surface area contributed by atoms with Gasteiger partial charge in [0.25, 0.3) is 0 Å². The van der Waals surface area contributed by atoms with Crippen LogP contribution in [0.5, 0.6) is 11.5 Å². The molecule has 162 valence electrons. The lowest BCUT2D eigenvalue weighted by Gasteiger charge is -2.44. The number of benzene rings is 2. The minimum absolute atomic E-state index is 0.299. The number of methoxy groups -OCH3 is 2. The summed E-state index contributed by atoms with van der Waals surface area (Å²) < 4.78 is 24.1. The first kappa shape index (κ1) is 20.9. The Labute approximate surface area is 179 Å². The van der Waals surface area contributed by atoms with Crippen LogP contribution in [0.2, 0.25) is 0 Å². The molecule has 2 heterocycles. The van der Waals surface area contributed by atoms with Crippen molar-refractivity contribution < 1.29 is 13.9 Å². The van der Waals surface area contributed by atoms with Crippen molar-refractivity contribution in [2.45, 2.75) is 25.4 Å². The van der Waals surface area contributed by atoms with Gasteiger partial charge in [0.1, 0.15) is 5.75 Å². The van der Waals surface area contributed by atoms with Gasteiger partial charge in [-0.15, -0.1) is 0 Å². The first-order valence-electron chi connectivity index (χ1n) is 10.8. The second-order valence-corrected chi connectivity index (χ2v) is 8.22. The Kier molecular flexibility index (Phi) is 6.75. The Balaban J connectivity index is 1.30.